The molecule has 4 N–H and O–H groups in total. The number of halogens is 3. The van der Waals surface area contributed by atoms with Crippen LogP contribution in [0.2, 0.25) is 0 Å². The summed E-state index contributed by atoms with van der Waals surface area (Å²) < 4.78 is 37.9. The van der Waals surface area contributed by atoms with Crippen LogP contribution in [0, 0.1) is 0 Å². The second-order valence-electron chi connectivity index (χ2n) is 3.61. The Hall–Kier alpha value is -2.03. The number of nitrogens with zero attached hydrogens (tertiary/aromatic N) is 3. The van der Waals surface area contributed by atoms with E-state index in [4.69, 9.17) is 10.8 Å². The molecule has 2 heterocycles. The van der Waals surface area contributed by atoms with E-state index >= 15 is 0 Å². The molecular formula is C9H10F3N5O. The highest BCUT2D eigenvalue weighted by molar-refractivity contribution is 5.64. The Morgan fingerprint density at radius 2 is 2.22 bits per heavy atom. The minimum Gasteiger partial charge on any atom is -0.382 e. The summed E-state index contributed by atoms with van der Waals surface area (Å²) in [6.07, 6.45) is -2.64. The average Bonchev–Trinajstić information content (AvgIpc) is 2.71. The van der Waals surface area contributed by atoms with Gasteiger partial charge in [-0.15, -0.1) is 0 Å². The molecule has 2 aromatic heterocycles. The van der Waals surface area contributed by atoms with Gasteiger partial charge in [0, 0.05) is 12.4 Å². The second-order valence-corrected chi connectivity index (χ2v) is 3.61. The molecule has 0 bridgehead atoms. The van der Waals surface area contributed by atoms with Gasteiger partial charge in [0.15, 0.2) is 17.6 Å². The Morgan fingerprint density at radius 3 is 2.89 bits per heavy atom. The van der Waals surface area contributed by atoms with Crippen LogP contribution in [0.5, 0.6) is 0 Å². The molecule has 0 spiro atoms. The van der Waals surface area contributed by atoms with Crippen molar-refractivity contribution in [3.8, 4) is 0 Å². The third-order valence-corrected chi connectivity index (χ3v) is 2.23. The van der Waals surface area contributed by atoms with Gasteiger partial charge in [-0.25, -0.2) is 9.97 Å². The molecule has 0 saturated carbocycles. The van der Waals surface area contributed by atoms with E-state index in [0.717, 1.165) is 0 Å². The van der Waals surface area contributed by atoms with E-state index in [1.165, 1.54) is 16.8 Å². The van der Waals surface area contributed by atoms with Crippen molar-refractivity contribution >= 4 is 17.3 Å². The largest absolute Gasteiger partial charge is 0.416 e. The predicted molar refractivity (Wildman–Crippen MR) is 58.0 cm³/mol. The number of imidazole rings is 1. The number of fused-ring (bicyclic) bond motifs is 1. The molecule has 98 valence electrons. The van der Waals surface area contributed by atoms with E-state index in [-0.39, 0.29) is 11.6 Å². The maximum absolute atomic E-state index is 12.1. The molecule has 0 saturated heterocycles. The number of rotatable bonds is 3. The molecule has 0 aliphatic rings. The zero-order valence-electron chi connectivity index (χ0n) is 9.02. The molecule has 6 nitrogen and oxygen atoms in total. The van der Waals surface area contributed by atoms with Gasteiger partial charge in [0.1, 0.15) is 5.82 Å². The number of hydrogen-bond donors (Lipinski definition) is 3. The normalized spacial score (nSPS) is 13.8. The van der Waals surface area contributed by atoms with Crippen molar-refractivity contribution in [3.63, 3.8) is 0 Å². The Morgan fingerprint density at radius 1 is 1.50 bits per heavy atom. The van der Waals surface area contributed by atoms with Crippen molar-refractivity contribution in [2.75, 3.05) is 17.6 Å². The fourth-order valence-corrected chi connectivity index (χ4v) is 1.38. The summed E-state index contributed by atoms with van der Waals surface area (Å²) in [6, 6.07) is 0. The maximum Gasteiger partial charge on any atom is 0.416 e. The SMILES string of the molecule is Nc1cn2ccnc2c(NCC(O)C(F)(F)F)n1. The summed E-state index contributed by atoms with van der Waals surface area (Å²) in [5, 5.41) is 11.2. The number of anilines is 2. The predicted octanol–water partition coefficient (Wildman–Crippen LogP) is 0.647. The quantitative estimate of drug-likeness (QED) is 0.754. The van der Waals surface area contributed by atoms with Crippen LogP contribution in [0.15, 0.2) is 18.6 Å². The number of aliphatic hydroxyl groups is 1. The van der Waals surface area contributed by atoms with Gasteiger partial charge in [0.2, 0.25) is 0 Å². The van der Waals surface area contributed by atoms with E-state index in [1.807, 2.05) is 0 Å². The highest BCUT2D eigenvalue weighted by atomic mass is 19.4. The summed E-state index contributed by atoms with van der Waals surface area (Å²) in [4.78, 5) is 7.75. The minimum atomic E-state index is -4.68. The lowest BCUT2D eigenvalue weighted by molar-refractivity contribution is -0.198. The van der Waals surface area contributed by atoms with Crippen molar-refractivity contribution < 1.29 is 18.3 Å². The summed E-state index contributed by atoms with van der Waals surface area (Å²) in [6.45, 7) is -0.720. The van der Waals surface area contributed by atoms with Crippen LogP contribution in [0.3, 0.4) is 0 Å². The van der Waals surface area contributed by atoms with Crippen molar-refractivity contribution in [3.05, 3.63) is 18.6 Å². The Kier molecular flexibility index (Phi) is 2.99. The van der Waals surface area contributed by atoms with Gasteiger partial charge >= 0.3 is 6.18 Å². The van der Waals surface area contributed by atoms with Crippen molar-refractivity contribution in [1.82, 2.24) is 14.4 Å². The smallest absolute Gasteiger partial charge is 0.382 e. The molecule has 0 aromatic carbocycles. The third kappa shape index (κ3) is 2.45. The molecule has 1 atom stereocenters. The first-order valence-electron chi connectivity index (χ1n) is 4.96. The van der Waals surface area contributed by atoms with Crippen LogP contribution < -0.4 is 11.1 Å². The van der Waals surface area contributed by atoms with Crippen LogP contribution in [0.4, 0.5) is 24.8 Å². The first-order valence-corrected chi connectivity index (χ1v) is 4.96. The molecule has 0 radical (unpaired) electrons. The van der Waals surface area contributed by atoms with Gasteiger partial charge < -0.3 is 20.6 Å². The number of aromatic nitrogens is 3. The highest BCUT2D eigenvalue weighted by Gasteiger charge is 2.38. The number of hydrogen-bond acceptors (Lipinski definition) is 5. The van der Waals surface area contributed by atoms with Crippen LogP contribution >= 0.6 is 0 Å². The van der Waals surface area contributed by atoms with Gasteiger partial charge in [-0.2, -0.15) is 13.2 Å². The van der Waals surface area contributed by atoms with Crippen molar-refractivity contribution in [1.29, 1.82) is 0 Å². The van der Waals surface area contributed by atoms with Crippen molar-refractivity contribution in [2.45, 2.75) is 12.3 Å². The fraction of sp³-hybridized carbons (Fsp3) is 0.333. The van der Waals surface area contributed by atoms with Gasteiger partial charge in [0.05, 0.1) is 12.7 Å². The van der Waals surface area contributed by atoms with E-state index in [0.29, 0.717) is 5.65 Å². The van der Waals surface area contributed by atoms with Gasteiger partial charge in [-0.05, 0) is 0 Å². The van der Waals surface area contributed by atoms with E-state index in [1.54, 1.807) is 6.20 Å². The monoisotopic (exact) mass is 261 g/mol. The van der Waals surface area contributed by atoms with E-state index in [2.05, 4.69) is 15.3 Å². The molecule has 1 unspecified atom stereocenters. The zero-order valence-corrected chi connectivity index (χ0v) is 9.02. The van der Waals surface area contributed by atoms with Gasteiger partial charge in [-0.3, -0.25) is 0 Å². The number of aliphatic hydroxyl groups excluding tert-OH is 1. The van der Waals surface area contributed by atoms with Gasteiger partial charge in [0.25, 0.3) is 0 Å². The van der Waals surface area contributed by atoms with Crippen LogP contribution in [0.25, 0.3) is 5.65 Å². The molecule has 0 amide bonds. The highest BCUT2D eigenvalue weighted by Crippen LogP contribution is 2.21. The lowest BCUT2D eigenvalue weighted by atomic mass is 10.3. The molecule has 2 aromatic rings. The van der Waals surface area contributed by atoms with E-state index in [9.17, 15) is 13.2 Å². The average molecular weight is 261 g/mol. The third-order valence-electron chi connectivity index (χ3n) is 2.23. The summed E-state index contributed by atoms with van der Waals surface area (Å²) in [7, 11) is 0. The lowest BCUT2D eigenvalue weighted by Crippen LogP contribution is -2.35. The summed E-state index contributed by atoms with van der Waals surface area (Å²) in [5.74, 6) is 0.216. The Bertz CT molecular complexity index is 553. The molecule has 9 heteroatoms. The van der Waals surface area contributed by atoms with Crippen LogP contribution in [-0.2, 0) is 0 Å². The minimum absolute atomic E-state index is 0.0864. The molecular weight excluding hydrogens is 251 g/mol. The first kappa shape index (κ1) is 12.4. The molecule has 2 rings (SSSR count). The van der Waals surface area contributed by atoms with Gasteiger partial charge in [-0.1, -0.05) is 0 Å². The number of nitrogen functional groups attached to an aromatic ring is 1. The Labute approximate surface area is 99.3 Å². The zero-order chi connectivity index (χ0) is 13.3. The lowest BCUT2D eigenvalue weighted by Gasteiger charge is -2.15. The van der Waals surface area contributed by atoms with E-state index < -0.39 is 18.8 Å². The molecule has 18 heavy (non-hydrogen) atoms. The maximum atomic E-state index is 12.1. The molecule has 0 aliphatic heterocycles. The van der Waals surface area contributed by atoms with Crippen LogP contribution in [-0.4, -0.2) is 38.3 Å². The Balaban J connectivity index is 2.19. The molecule has 0 fully saturated rings. The fourth-order valence-electron chi connectivity index (χ4n) is 1.38. The standard InChI is InChI=1S/C9H10F3N5O/c10-9(11,12)5(18)3-15-7-8-14-1-2-17(8)4-6(13)16-7/h1-2,4-5,18H,3,13H2,(H,15,16). The summed E-state index contributed by atoms with van der Waals surface area (Å²) in [5.41, 5.74) is 5.82. The first-order chi connectivity index (χ1) is 8.38. The molecule has 0 aliphatic carbocycles. The van der Waals surface area contributed by atoms with Crippen LogP contribution in [0.1, 0.15) is 0 Å². The van der Waals surface area contributed by atoms with Crippen molar-refractivity contribution in [2.24, 2.45) is 0 Å². The number of nitrogens with two attached hydrogens (primary N) is 1. The number of alkyl halides is 3. The summed E-state index contributed by atoms with van der Waals surface area (Å²) >= 11 is 0. The topological polar surface area (TPSA) is 88.5 Å². The second kappa shape index (κ2) is 4.33. The number of nitrogens with one attached hydrogen (secondary N) is 1.